The Bertz CT molecular complexity index is 857. The summed E-state index contributed by atoms with van der Waals surface area (Å²) in [5.41, 5.74) is 0.690. The first kappa shape index (κ1) is 39.8. The van der Waals surface area contributed by atoms with Crippen LogP contribution in [0.25, 0.3) is 0 Å². The predicted molar refractivity (Wildman–Crippen MR) is 160 cm³/mol. The molecule has 0 radical (unpaired) electrons. The lowest BCUT2D eigenvalue weighted by molar-refractivity contribution is -0.166. The van der Waals surface area contributed by atoms with Gasteiger partial charge in [0, 0.05) is 77.6 Å². The fourth-order valence-corrected chi connectivity index (χ4v) is 3.86. The zero-order valence-electron chi connectivity index (χ0n) is 26.1. The Balaban J connectivity index is 3.76. The Kier molecular flexibility index (Phi) is 23.4. The van der Waals surface area contributed by atoms with Crippen molar-refractivity contribution in [2.75, 3.05) is 39.3 Å². The lowest BCUT2D eigenvalue weighted by Gasteiger charge is -2.16. The van der Waals surface area contributed by atoms with Crippen LogP contribution in [0.4, 0.5) is 0 Å². The van der Waals surface area contributed by atoms with Gasteiger partial charge in [-0.05, 0) is 64.2 Å². The van der Waals surface area contributed by atoms with E-state index in [1.807, 2.05) is 0 Å². The molecule has 0 aromatic heterocycles. The van der Waals surface area contributed by atoms with Gasteiger partial charge in [-0.25, -0.2) is 15.2 Å². The van der Waals surface area contributed by atoms with Gasteiger partial charge >= 0.3 is 0 Å². The summed E-state index contributed by atoms with van der Waals surface area (Å²) in [7, 11) is 0. The number of hydrogen-bond donors (Lipinski definition) is 6. The van der Waals surface area contributed by atoms with Gasteiger partial charge < -0.3 is 16.0 Å². The SMILES string of the molecule is C=C(CCC(=O)N(O)CCCCCNC(=O)CC)NCCCCCN(O)C(=O)CCC(=O)NCCCCCN(O)C(C)=O. The zero-order chi connectivity index (χ0) is 32.5. The Hall–Kier alpha value is -3.23. The van der Waals surface area contributed by atoms with Crippen LogP contribution in [0.15, 0.2) is 12.3 Å². The number of allylic oxidation sites excluding steroid dienone is 1. The number of nitrogens with one attached hydrogen (secondary N) is 3. The Morgan fingerprint density at radius 1 is 0.558 bits per heavy atom. The molecule has 0 saturated heterocycles. The summed E-state index contributed by atoms with van der Waals surface area (Å²) in [5.74, 6) is -1.57. The summed E-state index contributed by atoms with van der Waals surface area (Å²) in [4.78, 5) is 58.1. The largest absolute Gasteiger partial charge is 0.389 e. The van der Waals surface area contributed by atoms with Crippen LogP contribution in [-0.2, 0) is 24.0 Å². The number of hydrogen-bond acceptors (Lipinski definition) is 9. The van der Waals surface area contributed by atoms with Crippen molar-refractivity contribution < 1.29 is 39.6 Å². The zero-order valence-corrected chi connectivity index (χ0v) is 26.1. The highest BCUT2D eigenvalue weighted by molar-refractivity contribution is 5.83. The van der Waals surface area contributed by atoms with Crippen LogP contribution >= 0.6 is 0 Å². The van der Waals surface area contributed by atoms with E-state index in [2.05, 4.69) is 22.5 Å². The average molecular weight is 615 g/mol. The summed E-state index contributed by atoms with van der Waals surface area (Å²) in [6.07, 6.45) is 7.24. The highest BCUT2D eigenvalue weighted by Crippen LogP contribution is 2.06. The third-order valence-electron chi connectivity index (χ3n) is 6.63. The highest BCUT2D eigenvalue weighted by Gasteiger charge is 2.13. The maximum absolute atomic E-state index is 12.1. The fraction of sp³-hybridized carbons (Fsp3) is 0.759. The molecule has 0 fully saturated rings. The summed E-state index contributed by atoms with van der Waals surface area (Å²) in [5, 5.41) is 39.8. The third-order valence-corrected chi connectivity index (χ3v) is 6.63. The molecule has 0 aliphatic rings. The first-order valence-corrected chi connectivity index (χ1v) is 15.4. The molecule has 0 atom stereocenters. The summed E-state index contributed by atoms with van der Waals surface area (Å²) < 4.78 is 0. The molecule has 0 spiro atoms. The van der Waals surface area contributed by atoms with Gasteiger partial charge in [0.25, 0.3) is 0 Å². The topological polar surface area (TPSA) is 192 Å². The molecule has 0 bridgehead atoms. The predicted octanol–water partition coefficient (Wildman–Crippen LogP) is 2.48. The maximum Gasteiger partial charge on any atom is 0.246 e. The fourth-order valence-electron chi connectivity index (χ4n) is 3.86. The second-order valence-corrected chi connectivity index (χ2v) is 10.4. The molecule has 0 heterocycles. The number of hydroxylamine groups is 6. The quantitative estimate of drug-likeness (QED) is 0.0482. The van der Waals surface area contributed by atoms with Gasteiger partial charge in [-0.2, -0.15) is 0 Å². The van der Waals surface area contributed by atoms with Crippen molar-refractivity contribution in [1.29, 1.82) is 0 Å². The van der Waals surface area contributed by atoms with Gasteiger partial charge in [0.15, 0.2) is 0 Å². The first-order valence-electron chi connectivity index (χ1n) is 15.4. The lowest BCUT2D eigenvalue weighted by Crippen LogP contribution is -2.31. The molecule has 14 heteroatoms. The number of nitrogens with zero attached hydrogens (tertiary/aromatic N) is 3. The smallest absolute Gasteiger partial charge is 0.246 e. The van der Waals surface area contributed by atoms with E-state index in [-0.39, 0.29) is 56.6 Å². The summed E-state index contributed by atoms with van der Waals surface area (Å²) in [6.45, 7) is 9.28. The lowest BCUT2D eigenvalue weighted by atomic mass is 10.2. The second-order valence-electron chi connectivity index (χ2n) is 10.4. The van der Waals surface area contributed by atoms with Gasteiger partial charge in [-0.3, -0.25) is 39.6 Å². The van der Waals surface area contributed by atoms with Crippen LogP contribution in [0.1, 0.15) is 104 Å². The van der Waals surface area contributed by atoms with Crippen LogP contribution in [0.2, 0.25) is 0 Å². The van der Waals surface area contributed by atoms with E-state index in [4.69, 9.17) is 0 Å². The van der Waals surface area contributed by atoms with Crippen molar-refractivity contribution in [3.63, 3.8) is 0 Å². The number of carbonyl (C=O) groups is 5. The number of rotatable bonds is 26. The van der Waals surface area contributed by atoms with Crippen molar-refractivity contribution >= 4 is 29.5 Å². The molecule has 0 aromatic carbocycles. The van der Waals surface area contributed by atoms with Gasteiger partial charge in [-0.1, -0.05) is 13.5 Å². The molecule has 0 unspecified atom stereocenters. The van der Waals surface area contributed by atoms with Crippen LogP contribution in [0.5, 0.6) is 0 Å². The van der Waals surface area contributed by atoms with E-state index >= 15 is 0 Å². The molecular formula is C29H54N6O8. The molecule has 0 aliphatic carbocycles. The molecule has 0 saturated carbocycles. The van der Waals surface area contributed by atoms with Crippen molar-refractivity contribution in [3.8, 4) is 0 Å². The van der Waals surface area contributed by atoms with Crippen LogP contribution in [0.3, 0.4) is 0 Å². The van der Waals surface area contributed by atoms with E-state index in [0.717, 1.165) is 37.2 Å². The first-order chi connectivity index (χ1) is 20.5. The van der Waals surface area contributed by atoms with Crippen molar-refractivity contribution in [2.24, 2.45) is 0 Å². The molecule has 5 amide bonds. The Morgan fingerprint density at radius 2 is 0.977 bits per heavy atom. The molecule has 14 nitrogen and oxygen atoms in total. The summed E-state index contributed by atoms with van der Waals surface area (Å²) >= 11 is 0. The third kappa shape index (κ3) is 23.0. The Labute approximate surface area is 255 Å². The van der Waals surface area contributed by atoms with Gasteiger partial charge in [0.2, 0.25) is 29.5 Å². The summed E-state index contributed by atoms with van der Waals surface area (Å²) in [6, 6.07) is 0. The Morgan fingerprint density at radius 3 is 1.44 bits per heavy atom. The van der Waals surface area contributed by atoms with Gasteiger partial charge in [0.1, 0.15) is 0 Å². The maximum atomic E-state index is 12.1. The molecule has 43 heavy (non-hydrogen) atoms. The molecule has 0 aliphatic heterocycles. The van der Waals surface area contributed by atoms with Crippen LogP contribution in [-0.4, -0.2) is 99.6 Å². The minimum atomic E-state index is -0.517. The number of amides is 5. The standard InChI is InChI=1S/C29H54N6O8/c1-4-26(37)31-19-9-7-13-22-34(42)28(39)16-14-24(2)30-18-8-5-12-23-35(43)29(40)17-15-27(38)32-20-10-6-11-21-33(41)25(3)36/h30,41-43H,2,4-23H2,1,3H3,(H,31,37)(H,32,38). The monoisotopic (exact) mass is 614 g/mol. The van der Waals surface area contributed by atoms with Gasteiger partial charge in [-0.15, -0.1) is 0 Å². The van der Waals surface area contributed by atoms with E-state index in [1.54, 1.807) is 6.92 Å². The molecular weight excluding hydrogens is 560 g/mol. The van der Waals surface area contributed by atoms with Crippen molar-refractivity contribution in [1.82, 2.24) is 31.1 Å². The van der Waals surface area contributed by atoms with Crippen LogP contribution in [0, 0.1) is 0 Å². The molecule has 6 N–H and O–H groups in total. The average Bonchev–Trinajstić information content (AvgIpc) is 2.98. The van der Waals surface area contributed by atoms with E-state index in [9.17, 15) is 39.6 Å². The van der Waals surface area contributed by atoms with Crippen molar-refractivity contribution in [3.05, 3.63) is 12.3 Å². The normalized spacial score (nSPS) is 10.5. The minimum absolute atomic E-state index is 0.0117. The minimum Gasteiger partial charge on any atom is -0.389 e. The van der Waals surface area contributed by atoms with E-state index < -0.39 is 11.8 Å². The second kappa shape index (κ2) is 25.3. The molecule has 248 valence electrons. The van der Waals surface area contributed by atoms with Gasteiger partial charge in [0.05, 0.1) is 0 Å². The number of unbranched alkanes of at least 4 members (excludes halogenated alkanes) is 6. The van der Waals surface area contributed by atoms with E-state index in [1.165, 1.54) is 6.92 Å². The van der Waals surface area contributed by atoms with E-state index in [0.29, 0.717) is 74.0 Å². The van der Waals surface area contributed by atoms with Crippen molar-refractivity contribution in [2.45, 2.75) is 104 Å². The van der Waals surface area contributed by atoms with Crippen LogP contribution < -0.4 is 16.0 Å². The molecule has 0 rings (SSSR count). The number of carbonyl (C=O) groups excluding carboxylic acids is 5. The molecule has 0 aromatic rings. The highest BCUT2D eigenvalue weighted by atomic mass is 16.5.